The number of rotatable bonds is 6. The highest BCUT2D eigenvalue weighted by Crippen LogP contribution is 2.33. The summed E-state index contributed by atoms with van der Waals surface area (Å²) in [4.78, 5) is 19.4. The predicted octanol–water partition coefficient (Wildman–Crippen LogP) is 3.78. The molecule has 0 spiro atoms. The number of aromatic amines is 1. The molecular weight excluding hydrogens is 342 g/mol. The van der Waals surface area contributed by atoms with E-state index >= 15 is 0 Å². The van der Waals surface area contributed by atoms with Gasteiger partial charge in [-0.2, -0.15) is 5.26 Å². The van der Waals surface area contributed by atoms with Gasteiger partial charge in [-0.05, 0) is 30.7 Å². The standard InChI is InChI=1S/C21H19N3O3/c1-3-11-27-19-14(7-6-10-18(19)26-2)12-15(13-22)20-23-17-9-5-4-8-16(17)21(25)24-20/h4-10,12H,3,11H2,1-2H3,(H,23,24,25)/b15-12-. The maximum Gasteiger partial charge on any atom is 0.259 e. The lowest BCUT2D eigenvalue weighted by Crippen LogP contribution is -2.11. The lowest BCUT2D eigenvalue weighted by atomic mass is 10.1. The first-order valence-electron chi connectivity index (χ1n) is 8.59. The number of aromatic nitrogens is 2. The van der Waals surface area contributed by atoms with E-state index in [9.17, 15) is 10.1 Å². The third-order valence-corrected chi connectivity index (χ3v) is 3.97. The minimum atomic E-state index is -0.287. The lowest BCUT2D eigenvalue weighted by Gasteiger charge is -2.13. The molecule has 1 N–H and O–H groups in total. The number of nitrogens with zero attached hydrogens (tertiary/aromatic N) is 2. The number of benzene rings is 2. The van der Waals surface area contributed by atoms with Crippen LogP contribution in [0.5, 0.6) is 11.5 Å². The summed E-state index contributed by atoms with van der Waals surface area (Å²) in [6.07, 6.45) is 2.48. The van der Waals surface area contributed by atoms with Gasteiger partial charge in [-0.3, -0.25) is 4.79 Å². The van der Waals surface area contributed by atoms with E-state index in [1.54, 1.807) is 43.5 Å². The van der Waals surface area contributed by atoms with Gasteiger partial charge in [0.2, 0.25) is 0 Å². The maximum absolute atomic E-state index is 12.3. The molecule has 3 rings (SSSR count). The van der Waals surface area contributed by atoms with Crippen LogP contribution in [0, 0.1) is 11.3 Å². The molecule has 0 amide bonds. The number of methoxy groups -OCH3 is 1. The smallest absolute Gasteiger partial charge is 0.259 e. The minimum absolute atomic E-state index is 0.213. The molecule has 0 atom stereocenters. The van der Waals surface area contributed by atoms with E-state index < -0.39 is 0 Å². The third-order valence-electron chi connectivity index (χ3n) is 3.97. The fourth-order valence-electron chi connectivity index (χ4n) is 2.69. The second kappa shape index (κ2) is 8.19. The molecule has 0 aliphatic rings. The Balaban J connectivity index is 2.13. The number of ether oxygens (including phenoxy) is 2. The number of fused-ring (bicyclic) bond motifs is 1. The molecule has 0 aliphatic carbocycles. The summed E-state index contributed by atoms with van der Waals surface area (Å²) in [5, 5.41) is 10.1. The van der Waals surface area contributed by atoms with Crippen LogP contribution >= 0.6 is 0 Å². The van der Waals surface area contributed by atoms with Crippen molar-refractivity contribution in [1.82, 2.24) is 9.97 Å². The molecule has 0 saturated carbocycles. The Morgan fingerprint density at radius 3 is 2.81 bits per heavy atom. The summed E-state index contributed by atoms with van der Waals surface area (Å²) < 4.78 is 11.2. The molecule has 0 unspecified atom stereocenters. The van der Waals surface area contributed by atoms with Crippen molar-refractivity contribution in [3.05, 3.63) is 64.2 Å². The van der Waals surface area contributed by atoms with Crippen LogP contribution < -0.4 is 15.0 Å². The Bertz CT molecular complexity index is 1090. The van der Waals surface area contributed by atoms with Crippen LogP contribution in [-0.4, -0.2) is 23.7 Å². The number of H-pyrrole nitrogens is 1. The maximum atomic E-state index is 12.3. The normalized spacial score (nSPS) is 11.2. The Morgan fingerprint density at radius 1 is 1.26 bits per heavy atom. The van der Waals surface area contributed by atoms with Gasteiger partial charge in [0.25, 0.3) is 5.56 Å². The van der Waals surface area contributed by atoms with Gasteiger partial charge in [0.1, 0.15) is 6.07 Å². The van der Waals surface area contributed by atoms with Crippen molar-refractivity contribution < 1.29 is 9.47 Å². The molecule has 1 aromatic heterocycles. The lowest BCUT2D eigenvalue weighted by molar-refractivity contribution is 0.293. The molecule has 27 heavy (non-hydrogen) atoms. The Hall–Kier alpha value is -3.59. The highest BCUT2D eigenvalue weighted by molar-refractivity contribution is 5.90. The second-order valence-electron chi connectivity index (χ2n) is 5.83. The van der Waals surface area contributed by atoms with Gasteiger partial charge < -0.3 is 14.5 Å². The van der Waals surface area contributed by atoms with Gasteiger partial charge in [-0.15, -0.1) is 0 Å². The van der Waals surface area contributed by atoms with Crippen LogP contribution in [0.1, 0.15) is 24.7 Å². The summed E-state index contributed by atoms with van der Waals surface area (Å²) in [5.74, 6) is 1.35. The number of allylic oxidation sites excluding steroid dienone is 1. The summed E-state index contributed by atoms with van der Waals surface area (Å²) in [5.41, 5.74) is 1.15. The Kier molecular flexibility index (Phi) is 5.53. The molecule has 6 heteroatoms. The van der Waals surface area contributed by atoms with Crippen LogP contribution in [0.2, 0.25) is 0 Å². The zero-order chi connectivity index (χ0) is 19.2. The van der Waals surface area contributed by atoms with Crippen LogP contribution in [-0.2, 0) is 0 Å². The Labute approximate surface area is 156 Å². The SMILES string of the molecule is CCCOc1c(/C=C(/C#N)c2nc3ccccc3c(=O)[nH]2)cccc1OC. The third kappa shape index (κ3) is 3.82. The predicted molar refractivity (Wildman–Crippen MR) is 105 cm³/mol. The summed E-state index contributed by atoms with van der Waals surface area (Å²) >= 11 is 0. The average molecular weight is 361 g/mol. The van der Waals surface area contributed by atoms with Crippen molar-refractivity contribution >= 4 is 22.6 Å². The molecule has 136 valence electrons. The van der Waals surface area contributed by atoms with Crippen LogP contribution in [0.25, 0.3) is 22.6 Å². The second-order valence-corrected chi connectivity index (χ2v) is 5.83. The molecule has 6 nitrogen and oxygen atoms in total. The van der Waals surface area contributed by atoms with Gasteiger partial charge >= 0.3 is 0 Å². The molecule has 3 aromatic rings. The topological polar surface area (TPSA) is 88.0 Å². The van der Waals surface area contributed by atoms with Gasteiger partial charge in [0.15, 0.2) is 17.3 Å². The molecule has 0 saturated heterocycles. The van der Waals surface area contributed by atoms with Gasteiger partial charge in [-0.1, -0.05) is 31.2 Å². The van der Waals surface area contributed by atoms with E-state index in [0.717, 1.165) is 6.42 Å². The minimum Gasteiger partial charge on any atom is -0.493 e. The molecule has 0 fully saturated rings. The molecule has 0 aliphatic heterocycles. The van der Waals surface area contributed by atoms with E-state index in [0.29, 0.717) is 34.6 Å². The molecule has 1 heterocycles. The van der Waals surface area contributed by atoms with Crippen LogP contribution in [0.3, 0.4) is 0 Å². The number of para-hydroxylation sites is 2. The molecule has 0 radical (unpaired) electrons. The van der Waals surface area contributed by atoms with Gasteiger partial charge in [0.05, 0.1) is 30.2 Å². The van der Waals surface area contributed by atoms with E-state index in [4.69, 9.17) is 9.47 Å². The van der Waals surface area contributed by atoms with Crippen LogP contribution in [0.15, 0.2) is 47.3 Å². The molecule has 0 bridgehead atoms. The highest BCUT2D eigenvalue weighted by Gasteiger charge is 2.13. The first-order valence-corrected chi connectivity index (χ1v) is 8.59. The zero-order valence-electron chi connectivity index (χ0n) is 15.2. The largest absolute Gasteiger partial charge is 0.493 e. The monoisotopic (exact) mass is 361 g/mol. The summed E-state index contributed by atoms with van der Waals surface area (Å²) in [6, 6.07) is 14.6. The van der Waals surface area contributed by atoms with Crippen molar-refractivity contribution in [2.45, 2.75) is 13.3 Å². The van der Waals surface area contributed by atoms with E-state index in [2.05, 4.69) is 16.0 Å². The number of hydrogen-bond donors (Lipinski definition) is 1. The van der Waals surface area contributed by atoms with Gasteiger partial charge in [0, 0.05) is 5.56 Å². The van der Waals surface area contributed by atoms with Crippen LogP contribution in [0.4, 0.5) is 0 Å². The fourth-order valence-corrected chi connectivity index (χ4v) is 2.69. The number of nitrogens with one attached hydrogen (secondary N) is 1. The number of hydrogen-bond acceptors (Lipinski definition) is 5. The first kappa shape index (κ1) is 18.2. The molecule has 2 aromatic carbocycles. The van der Waals surface area contributed by atoms with Crippen molar-refractivity contribution in [3.8, 4) is 17.6 Å². The Morgan fingerprint density at radius 2 is 2.07 bits per heavy atom. The molecular formula is C21H19N3O3. The first-order chi connectivity index (χ1) is 13.2. The van der Waals surface area contributed by atoms with Crippen molar-refractivity contribution in [2.24, 2.45) is 0 Å². The summed E-state index contributed by atoms with van der Waals surface area (Å²) in [7, 11) is 1.56. The van der Waals surface area contributed by atoms with E-state index in [1.807, 2.05) is 19.1 Å². The quantitative estimate of drug-likeness (QED) is 0.675. The van der Waals surface area contributed by atoms with Crippen molar-refractivity contribution in [3.63, 3.8) is 0 Å². The number of nitriles is 1. The van der Waals surface area contributed by atoms with E-state index in [-0.39, 0.29) is 17.0 Å². The summed E-state index contributed by atoms with van der Waals surface area (Å²) in [6.45, 7) is 2.53. The van der Waals surface area contributed by atoms with Crippen molar-refractivity contribution in [1.29, 1.82) is 5.26 Å². The average Bonchev–Trinajstić information content (AvgIpc) is 2.70. The van der Waals surface area contributed by atoms with E-state index in [1.165, 1.54) is 0 Å². The van der Waals surface area contributed by atoms with Gasteiger partial charge in [-0.25, -0.2) is 4.98 Å². The zero-order valence-corrected chi connectivity index (χ0v) is 15.2. The fraction of sp³-hybridized carbons (Fsp3) is 0.190. The van der Waals surface area contributed by atoms with Crippen molar-refractivity contribution in [2.75, 3.05) is 13.7 Å². The highest BCUT2D eigenvalue weighted by atomic mass is 16.5.